The summed E-state index contributed by atoms with van der Waals surface area (Å²) in [4.78, 5) is 23.4. The van der Waals surface area contributed by atoms with Crippen LogP contribution in [0.25, 0.3) is 0 Å². The van der Waals surface area contributed by atoms with E-state index in [0.29, 0.717) is 25.8 Å². The molecule has 0 aromatic heterocycles. The fourth-order valence-electron chi connectivity index (χ4n) is 2.88. The molecule has 0 aromatic rings. The van der Waals surface area contributed by atoms with Crippen molar-refractivity contribution in [3.8, 4) is 0 Å². The van der Waals surface area contributed by atoms with Gasteiger partial charge < -0.3 is 10.4 Å². The van der Waals surface area contributed by atoms with Crippen LogP contribution in [-0.4, -0.2) is 54.1 Å². The van der Waals surface area contributed by atoms with E-state index < -0.39 is 27.4 Å². The standard InChI is InChI=1S/C12H20N2O5S/c15-10(9-14-7-4-8-20(14,18)19)13-12(11(16)17)5-2-1-3-6-12/h1-9H2,(H,13,15)(H,16,17). The number of carbonyl (C=O) groups is 2. The molecule has 0 atom stereocenters. The Morgan fingerprint density at radius 2 is 1.80 bits per heavy atom. The number of nitrogens with one attached hydrogen (secondary N) is 1. The van der Waals surface area contributed by atoms with E-state index in [2.05, 4.69) is 5.32 Å². The smallest absolute Gasteiger partial charge is 0.329 e. The summed E-state index contributed by atoms with van der Waals surface area (Å²) in [5.74, 6) is -1.50. The van der Waals surface area contributed by atoms with Crippen molar-refractivity contribution in [2.24, 2.45) is 0 Å². The van der Waals surface area contributed by atoms with Crippen molar-refractivity contribution >= 4 is 21.9 Å². The second-order valence-corrected chi connectivity index (χ2v) is 7.59. The third-order valence-electron chi connectivity index (χ3n) is 4.02. The highest BCUT2D eigenvalue weighted by Gasteiger charge is 2.41. The molecule has 1 saturated heterocycles. The topological polar surface area (TPSA) is 104 Å². The molecule has 1 aliphatic carbocycles. The average molecular weight is 304 g/mol. The number of carboxylic acids is 1. The molecule has 0 spiro atoms. The van der Waals surface area contributed by atoms with Crippen molar-refractivity contribution in [2.75, 3.05) is 18.8 Å². The lowest BCUT2D eigenvalue weighted by Gasteiger charge is -2.34. The maximum atomic E-state index is 12.0. The molecule has 0 aromatic carbocycles. The van der Waals surface area contributed by atoms with E-state index in [1.54, 1.807) is 0 Å². The van der Waals surface area contributed by atoms with Crippen molar-refractivity contribution in [3.63, 3.8) is 0 Å². The van der Waals surface area contributed by atoms with Crippen LogP contribution in [0.2, 0.25) is 0 Å². The molecule has 8 heteroatoms. The van der Waals surface area contributed by atoms with Gasteiger partial charge in [0, 0.05) is 6.54 Å². The molecule has 2 N–H and O–H groups in total. The van der Waals surface area contributed by atoms with Gasteiger partial charge in [0.05, 0.1) is 12.3 Å². The molecule has 1 aliphatic heterocycles. The number of nitrogens with zero attached hydrogens (tertiary/aromatic N) is 1. The van der Waals surface area contributed by atoms with Gasteiger partial charge in [-0.05, 0) is 19.3 Å². The third-order valence-corrected chi connectivity index (χ3v) is 5.92. The summed E-state index contributed by atoms with van der Waals surface area (Å²) in [6.07, 6.45) is 3.80. The minimum absolute atomic E-state index is 0.0599. The number of rotatable bonds is 4. The van der Waals surface area contributed by atoms with Gasteiger partial charge in [-0.2, -0.15) is 4.31 Å². The zero-order valence-corrected chi connectivity index (χ0v) is 12.1. The summed E-state index contributed by atoms with van der Waals surface area (Å²) in [6, 6.07) is 0. The normalized spacial score (nSPS) is 25.2. The lowest BCUT2D eigenvalue weighted by molar-refractivity contribution is -0.149. The molecule has 1 amide bonds. The summed E-state index contributed by atoms with van der Waals surface area (Å²) in [7, 11) is -3.34. The van der Waals surface area contributed by atoms with Gasteiger partial charge in [0.15, 0.2) is 0 Å². The predicted octanol–water partition coefficient (Wildman–Crippen LogP) is -0.0744. The summed E-state index contributed by atoms with van der Waals surface area (Å²) in [5, 5.41) is 11.9. The Hall–Kier alpha value is -1.15. The molecule has 20 heavy (non-hydrogen) atoms. The van der Waals surface area contributed by atoms with Crippen LogP contribution in [0, 0.1) is 0 Å². The number of hydrogen-bond donors (Lipinski definition) is 2. The molecule has 0 bridgehead atoms. The SMILES string of the molecule is O=C(CN1CCCS1(=O)=O)NC1(C(=O)O)CCCCC1. The van der Waals surface area contributed by atoms with E-state index in [0.717, 1.165) is 23.6 Å². The van der Waals surface area contributed by atoms with Gasteiger partial charge in [0.2, 0.25) is 15.9 Å². The van der Waals surface area contributed by atoms with Gasteiger partial charge in [0.1, 0.15) is 5.54 Å². The van der Waals surface area contributed by atoms with Crippen molar-refractivity contribution in [3.05, 3.63) is 0 Å². The Bertz CT molecular complexity index is 496. The van der Waals surface area contributed by atoms with E-state index in [-0.39, 0.29) is 12.3 Å². The fourth-order valence-corrected chi connectivity index (χ4v) is 4.36. The van der Waals surface area contributed by atoms with Gasteiger partial charge >= 0.3 is 5.97 Å². The van der Waals surface area contributed by atoms with Gasteiger partial charge in [0.25, 0.3) is 0 Å². The first-order chi connectivity index (χ1) is 9.36. The van der Waals surface area contributed by atoms with Crippen molar-refractivity contribution in [2.45, 2.75) is 44.1 Å². The lowest BCUT2D eigenvalue weighted by atomic mass is 9.81. The monoisotopic (exact) mass is 304 g/mol. The molecule has 2 aliphatic rings. The lowest BCUT2D eigenvalue weighted by Crippen LogP contribution is -2.57. The zero-order valence-electron chi connectivity index (χ0n) is 11.3. The Kier molecular flexibility index (Phi) is 4.33. The first kappa shape index (κ1) is 15.2. The van der Waals surface area contributed by atoms with Crippen molar-refractivity contribution in [1.82, 2.24) is 9.62 Å². The summed E-state index contributed by atoms with van der Waals surface area (Å²) < 4.78 is 24.4. The first-order valence-corrected chi connectivity index (χ1v) is 8.49. The highest BCUT2D eigenvalue weighted by Crippen LogP contribution is 2.28. The summed E-state index contributed by atoms with van der Waals surface area (Å²) >= 11 is 0. The highest BCUT2D eigenvalue weighted by atomic mass is 32.2. The Balaban J connectivity index is 2.00. The van der Waals surface area contributed by atoms with Gasteiger partial charge in [-0.25, -0.2) is 13.2 Å². The molecule has 0 radical (unpaired) electrons. The van der Waals surface area contributed by atoms with E-state index in [1.165, 1.54) is 0 Å². The van der Waals surface area contributed by atoms with E-state index in [9.17, 15) is 23.1 Å². The molecule has 1 saturated carbocycles. The zero-order chi connectivity index (χ0) is 14.8. The maximum absolute atomic E-state index is 12.0. The fraction of sp³-hybridized carbons (Fsp3) is 0.833. The Morgan fingerprint density at radius 1 is 1.15 bits per heavy atom. The van der Waals surface area contributed by atoms with E-state index >= 15 is 0 Å². The largest absolute Gasteiger partial charge is 0.480 e. The molecule has 7 nitrogen and oxygen atoms in total. The summed E-state index contributed by atoms with van der Waals surface area (Å²) in [6.45, 7) is 0.0488. The molecule has 1 heterocycles. The number of hydrogen-bond acceptors (Lipinski definition) is 4. The number of aliphatic carboxylic acids is 1. The molecule has 0 unspecified atom stereocenters. The van der Waals surface area contributed by atoms with Crippen molar-refractivity contribution < 1.29 is 23.1 Å². The first-order valence-electron chi connectivity index (χ1n) is 6.88. The highest BCUT2D eigenvalue weighted by molar-refractivity contribution is 7.89. The molecule has 2 rings (SSSR count). The Labute approximate surface area is 118 Å². The summed E-state index contributed by atoms with van der Waals surface area (Å²) in [5.41, 5.74) is -1.22. The Morgan fingerprint density at radius 3 is 2.30 bits per heavy atom. The van der Waals surface area contributed by atoms with Gasteiger partial charge in [-0.1, -0.05) is 19.3 Å². The quantitative estimate of drug-likeness (QED) is 0.756. The molecule has 2 fully saturated rings. The number of carboxylic acid groups (broad SMARTS) is 1. The molecular weight excluding hydrogens is 284 g/mol. The second kappa shape index (κ2) is 5.69. The van der Waals surface area contributed by atoms with Crippen LogP contribution in [0.5, 0.6) is 0 Å². The van der Waals surface area contributed by atoms with Gasteiger partial charge in [-0.3, -0.25) is 4.79 Å². The van der Waals surface area contributed by atoms with Crippen LogP contribution >= 0.6 is 0 Å². The second-order valence-electron chi connectivity index (χ2n) is 5.50. The average Bonchev–Trinajstić information content (AvgIpc) is 2.69. The van der Waals surface area contributed by atoms with Crippen LogP contribution in [0.4, 0.5) is 0 Å². The maximum Gasteiger partial charge on any atom is 0.329 e. The van der Waals surface area contributed by atoms with Crippen LogP contribution < -0.4 is 5.32 Å². The van der Waals surface area contributed by atoms with Crippen LogP contribution in [0.1, 0.15) is 38.5 Å². The molecular formula is C12H20N2O5S. The van der Waals surface area contributed by atoms with E-state index in [1.807, 2.05) is 0 Å². The van der Waals surface area contributed by atoms with Crippen molar-refractivity contribution in [1.29, 1.82) is 0 Å². The van der Waals surface area contributed by atoms with Crippen LogP contribution in [0.15, 0.2) is 0 Å². The van der Waals surface area contributed by atoms with Crippen LogP contribution in [-0.2, 0) is 19.6 Å². The minimum atomic E-state index is -3.34. The third kappa shape index (κ3) is 3.12. The number of carbonyl (C=O) groups excluding carboxylic acids is 1. The molecule has 114 valence electrons. The number of sulfonamides is 1. The minimum Gasteiger partial charge on any atom is -0.480 e. The van der Waals surface area contributed by atoms with Crippen LogP contribution in [0.3, 0.4) is 0 Å². The van der Waals surface area contributed by atoms with E-state index in [4.69, 9.17) is 0 Å². The predicted molar refractivity (Wildman–Crippen MR) is 71.6 cm³/mol. The number of amides is 1. The van der Waals surface area contributed by atoms with Gasteiger partial charge in [-0.15, -0.1) is 0 Å².